The van der Waals surface area contributed by atoms with E-state index in [-0.39, 0.29) is 23.5 Å². The normalized spacial score (nSPS) is 35.4. The molecule has 4 nitrogen and oxygen atoms in total. The lowest BCUT2D eigenvalue weighted by atomic mass is 9.54. The van der Waals surface area contributed by atoms with Crippen LogP contribution in [0.1, 0.15) is 62.5 Å². The summed E-state index contributed by atoms with van der Waals surface area (Å²) >= 11 is 0. The van der Waals surface area contributed by atoms with Crippen molar-refractivity contribution in [3.8, 4) is 5.75 Å². The minimum Gasteiger partial charge on any atom is -0.497 e. The average molecular weight is 356 g/mol. The molecule has 1 aromatic carbocycles. The first kappa shape index (κ1) is 17.6. The molecule has 3 aliphatic carbocycles. The summed E-state index contributed by atoms with van der Waals surface area (Å²) in [5.74, 6) is 1.39. The van der Waals surface area contributed by atoms with Crippen LogP contribution in [0.3, 0.4) is 0 Å². The first-order valence-corrected chi connectivity index (χ1v) is 9.93. The Labute approximate surface area is 154 Å². The van der Waals surface area contributed by atoms with Crippen LogP contribution in [-0.2, 0) is 16.0 Å². The molecule has 0 bridgehead atoms. The van der Waals surface area contributed by atoms with Crippen molar-refractivity contribution in [2.45, 2.75) is 57.8 Å². The zero-order chi connectivity index (χ0) is 18.5. The first-order valence-electron chi connectivity index (χ1n) is 9.93. The third-order valence-electron chi connectivity index (χ3n) is 7.59. The maximum Gasteiger partial charge on any atom is 0.304 e. The molecule has 0 heterocycles. The van der Waals surface area contributed by atoms with Gasteiger partial charge in [0.2, 0.25) is 0 Å². The molecule has 3 aliphatic rings. The third-order valence-corrected chi connectivity index (χ3v) is 7.59. The summed E-state index contributed by atoms with van der Waals surface area (Å²) < 4.78 is 5.38. The highest BCUT2D eigenvalue weighted by Gasteiger charge is 2.59. The van der Waals surface area contributed by atoms with E-state index in [1.165, 1.54) is 11.1 Å². The number of Topliss-reactive ketones (excluding diaryl/α,β-unsaturated/α-hetero) is 1. The van der Waals surface area contributed by atoms with Crippen LogP contribution in [-0.4, -0.2) is 24.0 Å². The minimum atomic E-state index is -0.842. The number of ether oxygens (including phenoxy) is 1. The van der Waals surface area contributed by atoms with E-state index in [4.69, 9.17) is 4.74 Å². The fourth-order valence-electron chi connectivity index (χ4n) is 6.43. The van der Waals surface area contributed by atoms with Crippen LogP contribution in [0.2, 0.25) is 0 Å². The number of fused-ring (bicyclic) bond motifs is 5. The number of carboxylic acid groups (broad SMARTS) is 1. The number of aryl methyl sites for hydroxylation is 1. The van der Waals surface area contributed by atoms with Gasteiger partial charge in [-0.05, 0) is 79.5 Å². The van der Waals surface area contributed by atoms with E-state index in [0.29, 0.717) is 17.8 Å². The highest BCUT2D eigenvalue weighted by atomic mass is 16.5. The lowest BCUT2D eigenvalue weighted by Crippen LogP contribution is -2.44. The number of hydrogen-bond acceptors (Lipinski definition) is 3. The van der Waals surface area contributed by atoms with Gasteiger partial charge in [-0.2, -0.15) is 0 Å². The molecule has 1 aromatic rings. The number of carbonyl (C=O) groups is 2. The summed E-state index contributed by atoms with van der Waals surface area (Å²) in [6.07, 6.45) is 5.71. The molecular weight excluding hydrogens is 328 g/mol. The number of rotatable bonds is 4. The Morgan fingerprint density at radius 1 is 1.35 bits per heavy atom. The number of aliphatic carboxylic acids is 1. The van der Waals surface area contributed by atoms with Crippen LogP contribution < -0.4 is 4.74 Å². The molecule has 0 amide bonds. The predicted octanol–water partition coefficient (Wildman–Crippen LogP) is 4.21. The number of hydrogen-bond donors (Lipinski definition) is 1. The molecule has 2 saturated carbocycles. The van der Waals surface area contributed by atoms with Gasteiger partial charge in [0.25, 0.3) is 0 Å². The zero-order valence-corrected chi connectivity index (χ0v) is 15.7. The molecule has 0 saturated heterocycles. The summed E-state index contributed by atoms with van der Waals surface area (Å²) in [5.41, 5.74) is 2.55. The zero-order valence-electron chi connectivity index (χ0n) is 15.7. The average Bonchev–Trinajstić information content (AvgIpc) is 2.93. The molecule has 1 N–H and O–H groups in total. The molecule has 2 fully saturated rings. The number of carboxylic acids is 1. The van der Waals surface area contributed by atoms with Crippen molar-refractivity contribution in [3.05, 3.63) is 29.3 Å². The number of methoxy groups -OCH3 is 1. The molecule has 0 radical (unpaired) electrons. The number of ketones is 1. The van der Waals surface area contributed by atoms with E-state index >= 15 is 0 Å². The maximum atomic E-state index is 13.2. The SMILES string of the molecule is CC[C@]12CC[C@@H]3c4ccc(OC)cc4CC[C@H]3[C@@H]1C[C@@H](CC(=O)O)C2=O. The van der Waals surface area contributed by atoms with Gasteiger partial charge in [0.15, 0.2) is 0 Å². The topological polar surface area (TPSA) is 63.6 Å². The van der Waals surface area contributed by atoms with E-state index in [1.807, 2.05) is 0 Å². The largest absolute Gasteiger partial charge is 0.497 e. The third kappa shape index (κ3) is 2.49. The van der Waals surface area contributed by atoms with E-state index in [9.17, 15) is 14.7 Å². The van der Waals surface area contributed by atoms with Crippen LogP contribution in [0, 0.1) is 23.2 Å². The molecule has 0 unspecified atom stereocenters. The Morgan fingerprint density at radius 3 is 2.85 bits per heavy atom. The van der Waals surface area contributed by atoms with E-state index < -0.39 is 5.97 Å². The highest BCUT2D eigenvalue weighted by molar-refractivity contribution is 5.92. The fourth-order valence-corrected chi connectivity index (χ4v) is 6.43. The molecule has 4 heteroatoms. The van der Waals surface area contributed by atoms with Gasteiger partial charge < -0.3 is 9.84 Å². The lowest BCUT2D eigenvalue weighted by molar-refractivity contribution is -0.142. The Morgan fingerprint density at radius 2 is 2.15 bits per heavy atom. The Hall–Kier alpha value is -1.84. The van der Waals surface area contributed by atoms with Gasteiger partial charge >= 0.3 is 5.97 Å². The summed E-state index contributed by atoms with van der Waals surface area (Å²) in [6.45, 7) is 2.12. The summed E-state index contributed by atoms with van der Waals surface area (Å²) in [6, 6.07) is 6.44. The van der Waals surface area contributed by atoms with Crippen LogP contribution in [0.4, 0.5) is 0 Å². The fraction of sp³-hybridized carbons (Fsp3) is 0.636. The maximum absolute atomic E-state index is 13.2. The number of benzene rings is 1. The molecular formula is C22H28O4. The Kier molecular flexibility index (Phi) is 4.32. The van der Waals surface area contributed by atoms with Gasteiger partial charge in [-0.25, -0.2) is 0 Å². The molecule has 4 rings (SSSR count). The standard InChI is InChI=1S/C22H28O4/c1-3-22-9-8-17-16-7-5-15(26-2)10-13(16)4-6-18(17)19(22)11-14(21(22)25)12-20(23)24/h5,7,10,14,17-19H,3-4,6,8-9,11-12H2,1-2H3,(H,23,24)/t14-,17+,18+,19-,22-/m0/s1. The Balaban J connectivity index is 1.67. The molecule has 0 spiro atoms. The van der Waals surface area contributed by atoms with Gasteiger partial charge in [-0.15, -0.1) is 0 Å². The van der Waals surface area contributed by atoms with Crippen molar-refractivity contribution < 1.29 is 19.4 Å². The van der Waals surface area contributed by atoms with E-state index in [1.54, 1.807) is 7.11 Å². The van der Waals surface area contributed by atoms with Crippen molar-refractivity contribution in [1.29, 1.82) is 0 Å². The first-order chi connectivity index (χ1) is 12.5. The van der Waals surface area contributed by atoms with Crippen LogP contribution in [0.25, 0.3) is 0 Å². The van der Waals surface area contributed by atoms with Crippen molar-refractivity contribution in [2.75, 3.05) is 7.11 Å². The smallest absolute Gasteiger partial charge is 0.304 e. The summed E-state index contributed by atoms with van der Waals surface area (Å²) in [7, 11) is 1.70. The summed E-state index contributed by atoms with van der Waals surface area (Å²) in [4.78, 5) is 24.4. The molecule has 5 atom stereocenters. The van der Waals surface area contributed by atoms with Crippen molar-refractivity contribution in [2.24, 2.45) is 23.2 Å². The van der Waals surface area contributed by atoms with Gasteiger partial charge in [0, 0.05) is 11.3 Å². The molecule has 140 valence electrons. The minimum absolute atomic E-state index is 0.00224. The van der Waals surface area contributed by atoms with Gasteiger partial charge in [-0.3, -0.25) is 9.59 Å². The van der Waals surface area contributed by atoms with E-state index in [2.05, 4.69) is 25.1 Å². The quantitative estimate of drug-likeness (QED) is 0.878. The second kappa shape index (κ2) is 6.40. The second-order valence-electron chi connectivity index (χ2n) is 8.42. The van der Waals surface area contributed by atoms with Crippen molar-refractivity contribution >= 4 is 11.8 Å². The monoisotopic (exact) mass is 356 g/mol. The van der Waals surface area contributed by atoms with Crippen LogP contribution >= 0.6 is 0 Å². The van der Waals surface area contributed by atoms with Crippen LogP contribution in [0.5, 0.6) is 5.75 Å². The Bertz CT molecular complexity index is 740. The van der Waals surface area contributed by atoms with E-state index in [0.717, 1.165) is 44.3 Å². The van der Waals surface area contributed by atoms with Gasteiger partial charge in [-0.1, -0.05) is 13.0 Å². The second-order valence-corrected chi connectivity index (χ2v) is 8.42. The summed E-state index contributed by atoms with van der Waals surface area (Å²) in [5, 5.41) is 9.23. The van der Waals surface area contributed by atoms with Crippen LogP contribution in [0.15, 0.2) is 18.2 Å². The predicted molar refractivity (Wildman–Crippen MR) is 98.4 cm³/mol. The molecule has 0 aromatic heterocycles. The lowest BCUT2D eigenvalue weighted by Gasteiger charge is -2.49. The van der Waals surface area contributed by atoms with Crippen molar-refractivity contribution in [3.63, 3.8) is 0 Å². The van der Waals surface area contributed by atoms with Gasteiger partial charge in [0.1, 0.15) is 11.5 Å². The number of carbonyl (C=O) groups excluding carboxylic acids is 1. The van der Waals surface area contributed by atoms with Gasteiger partial charge in [0.05, 0.1) is 13.5 Å². The highest BCUT2D eigenvalue weighted by Crippen LogP contribution is 2.62. The van der Waals surface area contributed by atoms with Crippen molar-refractivity contribution in [1.82, 2.24) is 0 Å². The molecule has 0 aliphatic heterocycles. The molecule has 26 heavy (non-hydrogen) atoms.